The first-order valence-electron chi connectivity index (χ1n) is 7.11. The fourth-order valence-electron chi connectivity index (χ4n) is 2.55. The smallest absolute Gasteiger partial charge is 0.0705 e. The molecule has 0 saturated carbocycles. The minimum atomic E-state index is 0.189. The Labute approximate surface area is 133 Å². The van der Waals surface area contributed by atoms with E-state index in [4.69, 9.17) is 0 Å². The van der Waals surface area contributed by atoms with Crippen molar-refractivity contribution in [3.8, 4) is 0 Å². The van der Waals surface area contributed by atoms with Crippen LogP contribution in [0.15, 0.2) is 65.3 Å². The van der Waals surface area contributed by atoms with E-state index < -0.39 is 0 Å². The Hall–Kier alpha value is -1.71. The molecule has 0 spiro atoms. The summed E-state index contributed by atoms with van der Waals surface area (Å²) >= 11 is 3.49. The SMILES string of the molecule is CCNC(c1ccc(Br)cc1)c1ccc2cccnc2c1. The zero-order chi connectivity index (χ0) is 14.7. The molecule has 21 heavy (non-hydrogen) atoms. The fourth-order valence-corrected chi connectivity index (χ4v) is 2.81. The van der Waals surface area contributed by atoms with E-state index in [-0.39, 0.29) is 6.04 Å². The third kappa shape index (κ3) is 3.14. The van der Waals surface area contributed by atoms with Gasteiger partial charge in [0.05, 0.1) is 11.6 Å². The van der Waals surface area contributed by atoms with Gasteiger partial charge >= 0.3 is 0 Å². The van der Waals surface area contributed by atoms with Gasteiger partial charge < -0.3 is 5.32 Å². The van der Waals surface area contributed by atoms with Gasteiger partial charge in [0.1, 0.15) is 0 Å². The van der Waals surface area contributed by atoms with E-state index in [1.807, 2.05) is 12.3 Å². The molecule has 0 amide bonds. The first-order chi connectivity index (χ1) is 10.3. The van der Waals surface area contributed by atoms with Crippen molar-refractivity contribution >= 4 is 26.8 Å². The van der Waals surface area contributed by atoms with Crippen molar-refractivity contribution in [2.24, 2.45) is 0 Å². The van der Waals surface area contributed by atoms with Crippen molar-refractivity contribution in [1.82, 2.24) is 10.3 Å². The standard InChI is InChI=1S/C18H17BrN2/c1-2-20-18(14-7-9-16(19)10-8-14)15-6-5-13-4-3-11-21-17(13)12-15/h3-12,18,20H,2H2,1H3. The van der Waals surface area contributed by atoms with Crippen molar-refractivity contribution < 1.29 is 0 Å². The predicted molar refractivity (Wildman–Crippen MR) is 91.4 cm³/mol. The van der Waals surface area contributed by atoms with Gasteiger partial charge in [-0.05, 0) is 41.9 Å². The first kappa shape index (κ1) is 14.2. The van der Waals surface area contributed by atoms with Gasteiger partial charge in [0.2, 0.25) is 0 Å². The Kier molecular flexibility index (Phi) is 4.32. The lowest BCUT2D eigenvalue weighted by Gasteiger charge is -2.19. The molecule has 0 saturated heterocycles. The average molecular weight is 341 g/mol. The van der Waals surface area contributed by atoms with E-state index >= 15 is 0 Å². The third-order valence-electron chi connectivity index (χ3n) is 3.57. The largest absolute Gasteiger partial charge is 0.307 e. The lowest BCUT2D eigenvalue weighted by molar-refractivity contribution is 0.631. The summed E-state index contributed by atoms with van der Waals surface area (Å²) in [5.74, 6) is 0. The van der Waals surface area contributed by atoms with Crippen LogP contribution in [0.3, 0.4) is 0 Å². The van der Waals surface area contributed by atoms with Gasteiger partial charge in [0.25, 0.3) is 0 Å². The zero-order valence-electron chi connectivity index (χ0n) is 11.9. The van der Waals surface area contributed by atoms with Crippen LogP contribution in [0.1, 0.15) is 24.1 Å². The quantitative estimate of drug-likeness (QED) is 0.744. The van der Waals surface area contributed by atoms with E-state index in [9.17, 15) is 0 Å². The van der Waals surface area contributed by atoms with E-state index in [1.54, 1.807) is 0 Å². The maximum atomic E-state index is 4.46. The fraction of sp³-hybridized carbons (Fsp3) is 0.167. The molecular formula is C18H17BrN2. The Morgan fingerprint density at radius 2 is 1.81 bits per heavy atom. The van der Waals surface area contributed by atoms with Gasteiger partial charge in [-0.15, -0.1) is 0 Å². The predicted octanol–water partition coefficient (Wildman–Crippen LogP) is 4.70. The number of rotatable bonds is 4. The number of nitrogens with zero attached hydrogens (tertiary/aromatic N) is 1. The van der Waals surface area contributed by atoms with E-state index in [0.717, 1.165) is 16.5 Å². The molecule has 1 N–H and O–H groups in total. The number of pyridine rings is 1. The number of aromatic nitrogens is 1. The monoisotopic (exact) mass is 340 g/mol. The molecule has 106 valence electrons. The van der Waals surface area contributed by atoms with Crippen molar-refractivity contribution in [2.45, 2.75) is 13.0 Å². The van der Waals surface area contributed by atoms with E-state index in [2.05, 4.69) is 81.7 Å². The highest BCUT2D eigenvalue weighted by Gasteiger charge is 2.13. The van der Waals surface area contributed by atoms with E-state index in [1.165, 1.54) is 16.5 Å². The molecule has 3 heteroatoms. The van der Waals surface area contributed by atoms with Crippen LogP contribution in [-0.2, 0) is 0 Å². The Balaban J connectivity index is 2.04. The molecule has 3 aromatic rings. The summed E-state index contributed by atoms with van der Waals surface area (Å²) in [6.45, 7) is 3.05. The highest BCUT2D eigenvalue weighted by Crippen LogP contribution is 2.26. The van der Waals surface area contributed by atoms with Gasteiger partial charge in [-0.1, -0.05) is 53.2 Å². The minimum absolute atomic E-state index is 0.189. The number of halogens is 1. The number of fused-ring (bicyclic) bond motifs is 1. The molecule has 0 aliphatic rings. The summed E-state index contributed by atoms with van der Waals surface area (Å²) in [6.07, 6.45) is 1.84. The topological polar surface area (TPSA) is 24.9 Å². The number of nitrogens with one attached hydrogen (secondary N) is 1. The summed E-state index contributed by atoms with van der Waals surface area (Å²) in [6, 6.07) is 19.2. The lowest BCUT2D eigenvalue weighted by atomic mass is 9.97. The molecular weight excluding hydrogens is 324 g/mol. The molecule has 0 radical (unpaired) electrons. The van der Waals surface area contributed by atoms with Gasteiger partial charge in [0.15, 0.2) is 0 Å². The van der Waals surface area contributed by atoms with Gasteiger partial charge in [0, 0.05) is 16.1 Å². The second kappa shape index (κ2) is 6.37. The summed E-state index contributed by atoms with van der Waals surface area (Å²) < 4.78 is 1.10. The molecule has 1 unspecified atom stereocenters. The van der Waals surface area contributed by atoms with Crippen LogP contribution in [0.4, 0.5) is 0 Å². The lowest BCUT2D eigenvalue weighted by Crippen LogP contribution is -2.21. The van der Waals surface area contributed by atoms with Crippen molar-refractivity contribution in [2.75, 3.05) is 6.54 Å². The van der Waals surface area contributed by atoms with Crippen molar-refractivity contribution in [3.05, 3.63) is 76.4 Å². The van der Waals surface area contributed by atoms with Gasteiger partial charge in [-0.3, -0.25) is 4.98 Å². The zero-order valence-corrected chi connectivity index (χ0v) is 13.5. The highest BCUT2D eigenvalue weighted by atomic mass is 79.9. The summed E-state index contributed by atoms with van der Waals surface area (Å²) in [7, 11) is 0. The molecule has 0 aliphatic carbocycles. The van der Waals surface area contributed by atoms with Crippen LogP contribution >= 0.6 is 15.9 Å². The minimum Gasteiger partial charge on any atom is -0.307 e. The van der Waals surface area contributed by atoms with Crippen LogP contribution in [0.2, 0.25) is 0 Å². The van der Waals surface area contributed by atoms with Gasteiger partial charge in [-0.25, -0.2) is 0 Å². The molecule has 2 nitrogen and oxygen atoms in total. The van der Waals surface area contributed by atoms with Crippen LogP contribution in [-0.4, -0.2) is 11.5 Å². The molecule has 1 atom stereocenters. The van der Waals surface area contributed by atoms with Crippen LogP contribution in [0.5, 0.6) is 0 Å². The molecule has 0 bridgehead atoms. The number of hydrogen-bond donors (Lipinski definition) is 1. The Morgan fingerprint density at radius 1 is 1.05 bits per heavy atom. The summed E-state index contributed by atoms with van der Waals surface area (Å²) in [5.41, 5.74) is 3.54. The second-order valence-corrected chi connectivity index (χ2v) is 5.91. The number of benzene rings is 2. The van der Waals surface area contributed by atoms with E-state index in [0.29, 0.717) is 0 Å². The van der Waals surface area contributed by atoms with Crippen molar-refractivity contribution in [3.63, 3.8) is 0 Å². The summed E-state index contributed by atoms with van der Waals surface area (Å²) in [5, 5.41) is 4.73. The second-order valence-electron chi connectivity index (χ2n) is 5.00. The molecule has 1 heterocycles. The van der Waals surface area contributed by atoms with Crippen LogP contribution < -0.4 is 5.32 Å². The molecule has 0 fully saturated rings. The molecule has 2 aromatic carbocycles. The number of hydrogen-bond acceptors (Lipinski definition) is 2. The Morgan fingerprint density at radius 3 is 2.57 bits per heavy atom. The maximum absolute atomic E-state index is 4.46. The maximum Gasteiger partial charge on any atom is 0.0705 e. The summed E-state index contributed by atoms with van der Waals surface area (Å²) in [4.78, 5) is 4.46. The van der Waals surface area contributed by atoms with Crippen molar-refractivity contribution in [1.29, 1.82) is 0 Å². The van der Waals surface area contributed by atoms with Gasteiger partial charge in [-0.2, -0.15) is 0 Å². The molecule has 0 aliphatic heterocycles. The highest BCUT2D eigenvalue weighted by molar-refractivity contribution is 9.10. The third-order valence-corrected chi connectivity index (χ3v) is 4.10. The molecule has 1 aromatic heterocycles. The Bertz CT molecular complexity index is 738. The average Bonchev–Trinajstić information content (AvgIpc) is 2.53. The normalized spacial score (nSPS) is 12.5. The van der Waals surface area contributed by atoms with Crippen LogP contribution in [0.25, 0.3) is 10.9 Å². The van der Waals surface area contributed by atoms with Crippen LogP contribution in [0, 0.1) is 0 Å². The molecule has 3 rings (SSSR count). The first-order valence-corrected chi connectivity index (χ1v) is 7.91.